The predicted molar refractivity (Wildman–Crippen MR) is 94.5 cm³/mol. The number of carbonyl (C=O) groups excluding carboxylic acids is 1. The van der Waals surface area contributed by atoms with Gasteiger partial charge in [-0.25, -0.2) is 0 Å². The van der Waals surface area contributed by atoms with Crippen molar-refractivity contribution in [2.45, 2.75) is 6.18 Å². The van der Waals surface area contributed by atoms with Gasteiger partial charge in [-0.2, -0.15) is 18.4 Å². The molecule has 0 aliphatic heterocycles. The van der Waals surface area contributed by atoms with Crippen molar-refractivity contribution < 1.29 is 22.9 Å². The Morgan fingerprint density at radius 2 is 1.85 bits per heavy atom. The van der Waals surface area contributed by atoms with Crippen LogP contribution in [0.5, 0.6) is 0 Å². The Hall–Kier alpha value is -3.19. The Morgan fingerprint density at radius 3 is 2.37 bits per heavy atom. The van der Waals surface area contributed by atoms with E-state index in [-0.39, 0.29) is 0 Å². The molecule has 0 aliphatic carbocycles. The monoisotopic (exact) mass is 439 g/mol. The highest BCUT2D eigenvalue weighted by Gasteiger charge is 2.35. The fourth-order valence-electron chi connectivity index (χ4n) is 2.05. The van der Waals surface area contributed by atoms with E-state index in [1.807, 2.05) is 5.32 Å². The van der Waals surface area contributed by atoms with Crippen LogP contribution in [-0.4, -0.2) is 10.8 Å². The summed E-state index contributed by atoms with van der Waals surface area (Å²) < 4.78 is 40.2. The number of nitro benzene ring substituents is 1. The number of nitriles is 1. The zero-order chi connectivity index (χ0) is 20.2. The molecule has 2 aromatic carbocycles. The average molecular weight is 440 g/mol. The number of benzene rings is 2. The summed E-state index contributed by atoms with van der Waals surface area (Å²) in [6.45, 7) is 0. The Balaban J connectivity index is 2.37. The fraction of sp³-hybridized carbons (Fsp3) is 0.0588. The number of alkyl halides is 3. The molecule has 2 aromatic rings. The fourth-order valence-corrected chi connectivity index (χ4v) is 2.32. The van der Waals surface area contributed by atoms with Crippen molar-refractivity contribution in [3.63, 3.8) is 0 Å². The van der Waals surface area contributed by atoms with E-state index in [2.05, 4.69) is 15.9 Å². The highest BCUT2D eigenvalue weighted by atomic mass is 79.9. The molecule has 27 heavy (non-hydrogen) atoms. The largest absolute Gasteiger partial charge is 0.418 e. The summed E-state index contributed by atoms with van der Waals surface area (Å²) in [5.74, 6) is -1.07. The molecule has 0 aromatic heterocycles. The Labute approximate surface area is 159 Å². The molecule has 0 heterocycles. The first kappa shape index (κ1) is 20.1. The Kier molecular flexibility index (Phi) is 5.97. The van der Waals surface area contributed by atoms with Gasteiger partial charge in [-0.05, 0) is 29.8 Å². The van der Waals surface area contributed by atoms with Crippen LogP contribution in [0.2, 0.25) is 0 Å². The number of carbonyl (C=O) groups is 1. The van der Waals surface area contributed by atoms with Gasteiger partial charge in [0.15, 0.2) is 0 Å². The number of nitrogens with zero attached hydrogens (tertiary/aromatic N) is 2. The molecule has 6 nitrogen and oxygen atoms in total. The van der Waals surface area contributed by atoms with E-state index >= 15 is 0 Å². The first-order valence-electron chi connectivity index (χ1n) is 7.16. The number of hydrogen-bond donors (Lipinski definition) is 1. The minimum atomic E-state index is -4.93. The summed E-state index contributed by atoms with van der Waals surface area (Å²) in [7, 11) is 0. The van der Waals surface area contributed by atoms with Gasteiger partial charge in [-0.15, -0.1) is 0 Å². The Morgan fingerprint density at radius 1 is 1.22 bits per heavy atom. The number of non-ortho nitro benzene ring substituents is 1. The minimum absolute atomic E-state index is 0.320. The zero-order valence-electron chi connectivity index (χ0n) is 13.2. The molecule has 0 saturated heterocycles. The van der Waals surface area contributed by atoms with Crippen LogP contribution in [0, 0.1) is 21.4 Å². The first-order chi connectivity index (χ1) is 12.6. The van der Waals surface area contributed by atoms with Crippen molar-refractivity contribution in [2.24, 2.45) is 0 Å². The number of amides is 1. The molecule has 0 aliphatic rings. The lowest BCUT2D eigenvalue weighted by atomic mass is 10.1. The molecule has 0 spiro atoms. The number of nitro groups is 1. The number of hydrogen-bond acceptors (Lipinski definition) is 4. The SMILES string of the molecule is N#C/C(=C\c1ccc(Br)cc1)C(=O)Nc1ccc([N+](=O)[O-])cc1C(F)(F)F. The van der Waals surface area contributed by atoms with Crippen LogP contribution in [0.4, 0.5) is 24.5 Å². The van der Waals surface area contributed by atoms with Gasteiger partial charge in [0, 0.05) is 16.6 Å². The average Bonchev–Trinajstić information content (AvgIpc) is 2.60. The number of nitrogens with one attached hydrogen (secondary N) is 1. The van der Waals surface area contributed by atoms with Gasteiger partial charge in [0.25, 0.3) is 11.6 Å². The van der Waals surface area contributed by atoms with E-state index in [1.54, 1.807) is 30.3 Å². The van der Waals surface area contributed by atoms with E-state index in [0.29, 0.717) is 11.6 Å². The Bertz CT molecular complexity index is 964. The predicted octanol–water partition coefficient (Wildman–Crippen LogP) is 4.92. The van der Waals surface area contributed by atoms with Gasteiger partial charge < -0.3 is 5.32 Å². The second-order valence-corrected chi connectivity index (χ2v) is 6.08. The van der Waals surface area contributed by atoms with Crippen molar-refractivity contribution in [2.75, 3.05) is 5.32 Å². The van der Waals surface area contributed by atoms with Gasteiger partial charge >= 0.3 is 6.18 Å². The van der Waals surface area contributed by atoms with Crippen LogP contribution < -0.4 is 5.32 Å². The van der Waals surface area contributed by atoms with Crippen LogP contribution in [0.3, 0.4) is 0 Å². The second kappa shape index (κ2) is 8.01. The quantitative estimate of drug-likeness (QED) is 0.316. The highest BCUT2D eigenvalue weighted by molar-refractivity contribution is 9.10. The smallest absolute Gasteiger partial charge is 0.321 e. The second-order valence-electron chi connectivity index (χ2n) is 5.16. The van der Waals surface area contributed by atoms with Crippen molar-refractivity contribution in [3.05, 3.63) is 73.8 Å². The maximum atomic E-state index is 13.2. The molecular formula is C17H9BrF3N3O3. The van der Waals surface area contributed by atoms with E-state index in [0.717, 1.165) is 16.6 Å². The van der Waals surface area contributed by atoms with Crippen molar-refractivity contribution >= 4 is 39.3 Å². The maximum Gasteiger partial charge on any atom is 0.418 e. The first-order valence-corrected chi connectivity index (χ1v) is 7.95. The van der Waals surface area contributed by atoms with Crippen LogP contribution in [0.25, 0.3) is 6.08 Å². The number of rotatable bonds is 4. The molecule has 0 bridgehead atoms. The van der Waals surface area contributed by atoms with Crippen LogP contribution in [0.1, 0.15) is 11.1 Å². The molecule has 0 unspecified atom stereocenters. The van der Waals surface area contributed by atoms with E-state index in [9.17, 15) is 28.1 Å². The summed E-state index contributed by atoms with van der Waals surface area (Å²) in [6, 6.07) is 10.1. The molecule has 0 fully saturated rings. The highest BCUT2D eigenvalue weighted by Crippen LogP contribution is 2.37. The summed E-state index contributed by atoms with van der Waals surface area (Å²) in [6.07, 6.45) is -3.72. The summed E-state index contributed by atoms with van der Waals surface area (Å²) in [5.41, 5.74) is -2.78. The summed E-state index contributed by atoms with van der Waals surface area (Å²) >= 11 is 3.22. The molecule has 0 saturated carbocycles. The molecule has 138 valence electrons. The van der Waals surface area contributed by atoms with Crippen molar-refractivity contribution in [3.8, 4) is 6.07 Å². The van der Waals surface area contributed by atoms with Crippen LogP contribution >= 0.6 is 15.9 Å². The van der Waals surface area contributed by atoms with Gasteiger partial charge in [0.2, 0.25) is 0 Å². The topological polar surface area (TPSA) is 96.0 Å². The maximum absolute atomic E-state index is 13.2. The third-order valence-electron chi connectivity index (χ3n) is 3.31. The molecule has 0 radical (unpaired) electrons. The van der Waals surface area contributed by atoms with E-state index in [4.69, 9.17) is 5.26 Å². The molecule has 0 atom stereocenters. The zero-order valence-corrected chi connectivity index (χ0v) is 14.8. The van der Waals surface area contributed by atoms with Crippen LogP contribution in [0.15, 0.2) is 52.5 Å². The standard InChI is InChI=1S/C17H9BrF3N3O3/c18-12-3-1-10(2-4-12)7-11(9-22)16(25)23-15-6-5-13(24(26)27)8-14(15)17(19,20)21/h1-8H,(H,23,25)/b11-7+. The van der Waals surface area contributed by atoms with Gasteiger partial charge in [0.05, 0.1) is 16.2 Å². The lowest BCUT2D eigenvalue weighted by Crippen LogP contribution is -2.18. The summed E-state index contributed by atoms with van der Waals surface area (Å²) in [4.78, 5) is 21.9. The lowest BCUT2D eigenvalue weighted by molar-refractivity contribution is -0.385. The minimum Gasteiger partial charge on any atom is -0.321 e. The van der Waals surface area contributed by atoms with Gasteiger partial charge in [0.1, 0.15) is 11.6 Å². The van der Waals surface area contributed by atoms with Crippen molar-refractivity contribution in [1.82, 2.24) is 0 Å². The molecular weight excluding hydrogens is 431 g/mol. The number of halogens is 4. The lowest BCUT2D eigenvalue weighted by Gasteiger charge is -2.13. The molecule has 1 amide bonds. The van der Waals surface area contributed by atoms with Crippen LogP contribution in [-0.2, 0) is 11.0 Å². The molecule has 10 heteroatoms. The van der Waals surface area contributed by atoms with Crippen molar-refractivity contribution in [1.29, 1.82) is 5.26 Å². The third kappa shape index (κ3) is 5.15. The molecule has 2 rings (SSSR count). The van der Waals surface area contributed by atoms with Gasteiger partial charge in [-0.3, -0.25) is 14.9 Å². The molecule has 1 N–H and O–H groups in total. The van der Waals surface area contributed by atoms with E-state index < -0.39 is 39.5 Å². The normalized spacial score (nSPS) is 11.6. The third-order valence-corrected chi connectivity index (χ3v) is 3.84. The van der Waals surface area contributed by atoms with E-state index in [1.165, 1.54) is 6.08 Å². The summed E-state index contributed by atoms with van der Waals surface area (Å²) in [5, 5.41) is 21.8. The van der Waals surface area contributed by atoms with Gasteiger partial charge in [-0.1, -0.05) is 28.1 Å². The number of anilines is 1.